The molecule has 0 spiro atoms. The van der Waals surface area contributed by atoms with E-state index in [-0.39, 0.29) is 29.2 Å². The van der Waals surface area contributed by atoms with Crippen LogP contribution >= 0.6 is 0 Å². The fraction of sp³-hybridized carbons (Fsp3) is 0.769. The number of hydrogen-bond acceptors (Lipinski definition) is 6. The fourth-order valence-electron chi connectivity index (χ4n) is 3.11. The largest absolute Gasteiger partial charge is 0.342 e. The Hall–Kier alpha value is -1.44. The predicted octanol–water partition coefficient (Wildman–Crippen LogP) is 0.519. The van der Waals surface area contributed by atoms with Crippen LogP contribution in [0.2, 0.25) is 0 Å². The molecule has 2 atom stereocenters. The van der Waals surface area contributed by atoms with Crippen molar-refractivity contribution in [2.75, 3.05) is 24.6 Å². The highest BCUT2D eigenvalue weighted by Crippen LogP contribution is 2.28. The molecule has 1 aromatic rings. The van der Waals surface area contributed by atoms with Crippen LogP contribution in [-0.2, 0) is 14.6 Å². The fourth-order valence-corrected chi connectivity index (χ4v) is 4.84. The molecule has 2 saturated heterocycles. The Bertz CT molecular complexity index is 640. The van der Waals surface area contributed by atoms with Crippen molar-refractivity contribution in [3.8, 4) is 0 Å². The van der Waals surface area contributed by atoms with Gasteiger partial charge in [-0.3, -0.25) is 4.79 Å². The van der Waals surface area contributed by atoms with Gasteiger partial charge >= 0.3 is 0 Å². The predicted molar refractivity (Wildman–Crippen MR) is 74.4 cm³/mol. The zero-order chi connectivity index (χ0) is 15.0. The van der Waals surface area contributed by atoms with Crippen LogP contribution in [0.4, 0.5) is 0 Å². The molecule has 3 rings (SSSR count). The molecule has 3 heterocycles. The highest BCUT2D eigenvalue weighted by molar-refractivity contribution is 7.91. The summed E-state index contributed by atoms with van der Waals surface area (Å²) in [7, 11) is -3.03. The first-order chi connectivity index (χ1) is 9.94. The van der Waals surface area contributed by atoms with Gasteiger partial charge in [0.05, 0.1) is 23.3 Å². The molecule has 8 heteroatoms. The Labute approximate surface area is 123 Å². The molecule has 7 nitrogen and oxygen atoms in total. The van der Waals surface area contributed by atoms with Gasteiger partial charge in [-0.2, -0.15) is 4.98 Å². The Morgan fingerprint density at radius 2 is 2.19 bits per heavy atom. The van der Waals surface area contributed by atoms with E-state index in [1.807, 2.05) is 0 Å². The molecule has 2 fully saturated rings. The van der Waals surface area contributed by atoms with Crippen LogP contribution in [0.25, 0.3) is 0 Å². The van der Waals surface area contributed by atoms with E-state index in [0.29, 0.717) is 31.2 Å². The topological polar surface area (TPSA) is 93.4 Å². The Morgan fingerprint density at radius 3 is 2.81 bits per heavy atom. The lowest BCUT2D eigenvalue weighted by Crippen LogP contribution is -2.42. The third-order valence-electron chi connectivity index (χ3n) is 4.21. The first kappa shape index (κ1) is 14.5. The number of likely N-dealkylation sites (tertiary alicyclic amines) is 1. The maximum Gasteiger partial charge on any atom is 0.231 e. The smallest absolute Gasteiger partial charge is 0.231 e. The second-order valence-corrected chi connectivity index (χ2v) is 8.13. The summed E-state index contributed by atoms with van der Waals surface area (Å²) in [6.45, 7) is 2.98. The van der Waals surface area contributed by atoms with Crippen LogP contribution < -0.4 is 0 Å². The average molecular weight is 313 g/mol. The summed E-state index contributed by atoms with van der Waals surface area (Å²) in [5.41, 5.74) is 0. The maximum absolute atomic E-state index is 12.5. The number of aromatic nitrogens is 2. The minimum atomic E-state index is -3.03. The van der Waals surface area contributed by atoms with Crippen molar-refractivity contribution >= 4 is 15.7 Å². The second kappa shape index (κ2) is 5.40. The zero-order valence-electron chi connectivity index (χ0n) is 12.0. The summed E-state index contributed by atoms with van der Waals surface area (Å²) < 4.78 is 28.2. The van der Waals surface area contributed by atoms with Crippen LogP contribution in [0.15, 0.2) is 4.52 Å². The van der Waals surface area contributed by atoms with Crippen molar-refractivity contribution < 1.29 is 17.7 Å². The van der Waals surface area contributed by atoms with Crippen LogP contribution in [0.5, 0.6) is 0 Å². The lowest BCUT2D eigenvalue weighted by molar-refractivity contribution is -0.136. The van der Waals surface area contributed by atoms with Crippen LogP contribution in [0.3, 0.4) is 0 Å². The van der Waals surface area contributed by atoms with Crippen LogP contribution in [-0.4, -0.2) is 54.0 Å². The van der Waals surface area contributed by atoms with E-state index in [1.165, 1.54) is 0 Å². The van der Waals surface area contributed by atoms with Gasteiger partial charge in [-0.15, -0.1) is 0 Å². The number of rotatable bonds is 2. The van der Waals surface area contributed by atoms with Gasteiger partial charge in [0.2, 0.25) is 11.8 Å². The van der Waals surface area contributed by atoms with E-state index in [1.54, 1.807) is 11.8 Å². The molecule has 0 aromatic carbocycles. The van der Waals surface area contributed by atoms with E-state index >= 15 is 0 Å². The quantitative estimate of drug-likeness (QED) is 0.790. The number of amides is 1. The molecule has 2 aliphatic rings. The Morgan fingerprint density at radius 1 is 1.38 bits per heavy atom. The molecule has 0 N–H and O–H groups in total. The Balaban J connectivity index is 1.67. The van der Waals surface area contributed by atoms with Gasteiger partial charge in [0.15, 0.2) is 15.7 Å². The monoisotopic (exact) mass is 313 g/mol. The summed E-state index contributed by atoms with van der Waals surface area (Å²) in [6, 6.07) is 0. The van der Waals surface area contributed by atoms with Gasteiger partial charge in [-0.1, -0.05) is 5.16 Å². The summed E-state index contributed by atoms with van der Waals surface area (Å²) in [4.78, 5) is 18.5. The Kier molecular flexibility index (Phi) is 3.73. The summed E-state index contributed by atoms with van der Waals surface area (Å²) in [5, 5.41) is 3.79. The van der Waals surface area contributed by atoms with E-state index in [0.717, 1.165) is 12.8 Å². The van der Waals surface area contributed by atoms with Gasteiger partial charge < -0.3 is 9.42 Å². The number of hydrogen-bond donors (Lipinski definition) is 0. The zero-order valence-corrected chi connectivity index (χ0v) is 12.8. The van der Waals surface area contributed by atoms with Crippen molar-refractivity contribution in [2.45, 2.75) is 32.1 Å². The third kappa shape index (κ3) is 3.09. The van der Waals surface area contributed by atoms with Crippen molar-refractivity contribution in [3.05, 3.63) is 11.7 Å². The van der Waals surface area contributed by atoms with E-state index in [9.17, 15) is 13.2 Å². The number of carbonyl (C=O) groups is 1. The van der Waals surface area contributed by atoms with E-state index in [2.05, 4.69) is 10.1 Å². The minimum absolute atomic E-state index is 0.00728. The molecule has 1 amide bonds. The summed E-state index contributed by atoms with van der Waals surface area (Å²) in [6.07, 6.45) is 2.23. The molecule has 0 saturated carbocycles. The van der Waals surface area contributed by atoms with Crippen molar-refractivity contribution in [3.63, 3.8) is 0 Å². The first-order valence-corrected chi connectivity index (χ1v) is 9.06. The van der Waals surface area contributed by atoms with Gasteiger partial charge in [0, 0.05) is 13.1 Å². The molecular weight excluding hydrogens is 294 g/mol. The normalized spacial score (nSPS) is 28.7. The number of nitrogens with zero attached hydrogens (tertiary/aromatic N) is 3. The van der Waals surface area contributed by atoms with Crippen LogP contribution in [0.1, 0.15) is 36.9 Å². The second-order valence-electron chi connectivity index (χ2n) is 5.90. The standard InChI is InChI=1S/C13H19N3O4S/c1-9-14-12(20-15-9)10-3-2-5-16(7-10)13(17)11-4-6-21(18,19)8-11/h10-11H,2-8H2,1H3/t10-,11+/m0/s1. The van der Waals surface area contributed by atoms with Crippen molar-refractivity contribution in [1.29, 1.82) is 0 Å². The molecular formula is C13H19N3O4S. The molecule has 0 bridgehead atoms. The molecule has 2 aliphatic heterocycles. The molecule has 0 unspecified atom stereocenters. The van der Waals surface area contributed by atoms with Crippen molar-refractivity contribution in [2.24, 2.45) is 5.92 Å². The van der Waals surface area contributed by atoms with Gasteiger partial charge in [-0.05, 0) is 26.2 Å². The summed E-state index contributed by atoms with van der Waals surface area (Å²) >= 11 is 0. The average Bonchev–Trinajstić information content (AvgIpc) is 3.04. The number of carbonyl (C=O) groups excluding carboxylic acids is 1. The first-order valence-electron chi connectivity index (χ1n) is 7.24. The summed E-state index contributed by atoms with van der Waals surface area (Å²) in [5.74, 6) is 0.924. The lowest BCUT2D eigenvalue weighted by Gasteiger charge is -2.32. The molecule has 0 radical (unpaired) electrons. The van der Waals surface area contributed by atoms with Gasteiger partial charge in [0.25, 0.3) is 0 Å². The molecule has 21 heavy (non-hydrogen) atoms. The molecule has 0 aliphatic carbocycles. The van der Waals surface area contributed by atoms with Gasteiger partial charge in [0.1, 0.15) is 0 Å². The number of piperidine rings is 1. The maximum atomic E-state index is 12.5. The molecule has 116 valence electrons. The minimum Gasteiger partial charge on any atom is -0.342 e. The molecule has 1 aromatic heterocycles. The van der Waals surface area contributed by atoms with Gasteiger partial charge in [-0.25, -0.2) is 8.42 Å². The lowest BCUT2D eigenvalue weighted by atomic mass is 9.96. The van der Waals surface area contributed by atoms with E-state index in [4.69, 9.17) is 4.52 Å². The third-order valence-corrected chi connectivity index (χ3v) is 5.98. The number of sulfone groups is 1. The van der Waals surface area contributed by atoms with Crippen molar-refractivity contribution in [1.82, 2.24) is 15.0 Å². The van der Waals surface area contributed by atoms with Crippen LogP contribution in [0, 0.1) is 12.8 Å². The highest BCUT2D eigenvalue weighted by Gasteiger charge is 2.37. The van der Waals surface area contributed by atoms with E-state index < -0.39 is 9.84 Å². The SMILES string of the molecule is Cc1noc([C@H]2CCCN(C(=O)[C@@H]3CCS(=O)(=O)C3)C2)n1. The highest BCUT2D eigenvalue weighted by atomic mass is 32.2. The number of aryl methyl sites for hydroxylation is 1.